The van der Waals surface area contributed by atoms with Crippen molar-refractivity contribution in [1.82, 2.24) is 20.1 Å². The lowest BCUT2D eigenvalue weighted by molar-refractivity contribution is -0.131. The van der Waals surface area contributed by atoms with Crippen molar-refractivity contribution < 1.29 is 9.53 Å². The van der Waals surface area contributed by atoms with Gasteiger partial charge < -0.3 is 10.1 Å². The summed E-state index contributed by atoms with van der Waals surface area (Å²) in [4.78, 5) is 15.5. The number of aryl methyl sites for hydroxylation is 3. The van der Waals surface area contributed by atoms with Gasteiger partial charge in [0.1, 0.15) is 17.9 Å². The van der Waals surface area contributed by atoms with Crippen molar-refractivity contribution in [2.45, 2.75) is 53.8 Å². The number of rotatable bonds is 6. The number of ether oxygens (including phenoxy) is 1. The first-order chi connectivity index (χ1) is 10.9. The molecule has 0 spiro atoms. The second-order valence-corrected chi connectivity index (χ2v) is 5.69. The maximum atomic E-state index is 11.2. The number of aromatic nitrogens is 3. The van der Waals surface area contributed by atoms with Crippen LogP contribution in [0.4, 0.5) is 0 Å². The van der Waals surface area contributed by atoms with Crippen LogP contribution in [0.25, 0.3) is 0 Å². The number of hydrogen-bond donors (Lipinski definition) is 1. The summed E-state index contributed by atoms with van der Waals surface area (Å²) in [5.74, 6) is 1.28. The Hall–Kier alpha value is -2.21. The molecule has 23 heavy (non-hydrogen) atoms. The number of nitrogens with zero attached hydrogens (tertiary/aromatic N) is 3. The fourth-order valence-electron chi connectivity index (χ4n) is 2.66. The van der Waals surface area contributed by atoms with Gasteiger partial charge in [-0.15, -0.1) is 0 Å². The fourth-order valence-corrected chi connectivity index (χ4v) is 2.66. The first-order valence-electron chi connectivity index (χ1n) is 7.82. The van der Waals surface area contributed by atoms with E-state index in [4.69, 9.17) is 4.74 Å². The Labute approximate surface area is 136 Å². The van der Waals surface area contributed by atoms with Crippen LogP contribution in [0.5, 0.6) is 5.75 Å². The molecule has 0 aliphatic heterocycles. The lowest BCUT2D eigenvalue weighted by Gasteiger charge is -2.16. The van der Waals surface area contributed by atoms with Gasteiger partial charge in [0.15, 0.2) is 0 Å². The van der Waals surface area contributed by atoms with Crippen molar-refractivity contribution in [2.75, 3.05) is 0 Å². The molecular weight excluding hydrogens is 292 g/mol. The van der Waals surface area contributed by atoms with E-state index in [-0.39, 0.29) is 12.0 Å². The van der Waals surface area contributed by atoms with E-state index in [9.17, 15) is 4.79 Å². The second kappa shape index (κ2) is 7.37. The molecule has 1 aromatic heterocycles. The summed E-state index contributed by atoms with van der Waals surface area (Å²) in [6.45, 7) is 10.9. The molecule has 124 valence electrons. The molecule has 1 heterocycles. The summed E-state index contributed by atoms with van der Waals surface area (Å²) < 4.78 is 7.15. The van der Waals surface area contributed by atoms with Crippen LogP contribution in [-0.4, -0.2) is 20.7 Å². The van der Waals surface area contributed by atoms with Crippen LogP contribution in [0.2, 0.25) is 0 Å². The number of carbonyl (C=O) groups excluding carboxylic acids is 1. The normalized spacial score (nSPS) is 12.2. The Morgan fingerprint density at radius 2 is 2.00 bits per heavy atom. The molecule has 1 N–H and O–H groups in total. The van der Waals surface area contributed by atoms with Crippen molar-refractivity contribution in [3.05, 3.63) is 41.0 Å². The number of benzene rings is 1. The minimum absolute atomic E-state index is 0.103. The Bertz CT molecular complexity index is 671. The summed E-state index contributed by atoms with van der Waals surface area (Å²) in [6, 6.07) is 4.18. The van der Waals surface area contributed by atoms with Gasteiger partial charge in [0.25, 0.3) is 0 Å². The van der Waals surface area contributed by atoms with Gasteiger partial charge in [0.2, 0.25) is 0 Å². The highest BCUT2D eigenvalue weighted by molar-refractivity contribution is 5.70. The molecule has 6 heteroatoms. The van der Waals surface area contributed by atoms with Crippen LogP contribution < -0.4 is 10.1 Å². The van der Waals surface area contributed by atoms with Crippen molar-refractivity contribution in [2.24, 2.45) is 0 Å². The largest absolute Gasteiger partial charge is 0.426 e. The quantitative estimate of drug-likeness (QED) is 0.655. The number of hydrogen-bond acceptors (Lipinski definition) is 5. The first-order valence-corrected chi connectivity index (χ1v) is 7.82. The highest BCUT2D eigenvalue weighted by Gasteiger charge is 2.13. The zero-order valence-corrected chi connectivity index (χ0v) is 14.4. The topological polar surface area (TPSA) is 69.0 Å². The third-order valence-corrected chi connectivity index (χ3v) is 3.71. The van der Waals surface area contributed by atoms with Crippen molar-refractivity contribution in [3.8, 4) is 5.75 Å². The van der Waals surface area contributed by atoms with E-state index in [0.29, 0.717) is 12.3 Å². The average Bonchev–Trinajstić information content (AvgIpc) is 2.97. The van der Waals surface area contributed by atoms with Gasteiger partial charge in [-0.1, -0.05) is 12.1 Å². The third-order valence-electron chi connectivity index (χ3n) is 3.71. The number of nitrogens with one attached hydrogen (secondary N) is 1. The maximum Gasteiger partial charge on any atom is 0.308 e. The van der Waals surface area contributed by atoms with Crippen LogP contribution in [-0.2, 0) is 17.9 Å². The molecule has 0 bridgehead atoms. The second-order valence-electron chi connectivity index (χ2n) is 5.69. The van der Waals surface area contributed by atoms with E-state index in [1.165, 1.54) is 6.92 Å². The van der Waals surface area contributed by atoms with Crippen molar-refractivity contribution >= 4 is 5.97 Å². The first kappa shape index (κ1) is 17.1. The Balaban J connectivity index is 2.07. The Kier molecular flexibility index (Phi) is 5.50. The Morgan fingerprint density at radius 1 is 1.35 bits per heavy atom. The van der Waals surface area contributed by atoms with Crippen LogP contribution in [0.15, 0.2) is 18.5 Å². The molecule has 1 atom stereocenters. The lowest BCUT2D eigenvalue weighted by atomic mass is 10.1. The zero-order chi connectivity index (χ0) is 17.0. The lowest BCUT2D eigenvalue weighted by Crippen LogP contribution is -2.22. The molecule has 0 amide bonds. The highest BCUT2D eigenvalue weighted by atomic mass is 16.5. The third kappa shape index (κ3) is 4.16. The van der Waals surface area contributed by atoms with E-state index in [0.717, 1.165) is 29.1 Å². The molecule has 0 unspecified atom stereocenters. The number of carbonyl (C=O) groups is 1. The Morgan fingerprint density at radius 3 is 2.57 bits per heavy atom. The smallest absolute Gasteiger partial charge is 0.308 e. The molecule has 0 aliphatic carbocycles. The molecule has 0 fully saturated rings. The van der Waals surface area contributed by atoms with E-state index in [1.807, 2.05) is 37.6 Å². The predicted octanol–water partition coefficient (Wildman–Crippen LogP) is 2.69. The van der Waals surface area contributed by atoms with E-state index < -0.39 is 0 Å². The molecule has 0 saturated carbocycles. The van der Waals surface area contributed by atoms with Gasteiger partial charge in [0, 0.05) is 20.0 Å². The standard InChI is InChI=1S/C17H24N4O2/c1-6-21-17(19-10-20-21)13(4)18-9-15-7-11(2)16(12(3)8-15)23-14(5)22/h7-8,10,13,18H,6,9H2,1-5H3/t13-/m0/s1. The molecule has 1 aromatic carbocycles. The van der Waals surface area contributed by atoms with Gasteiger partial charge in [-0.05, 0) is 44.4 Å². The SMILES string of the molecule is CCn1ncnc1[C@H](C)NCc1cc(C)c(OC(C)=O)c(C)c1. The van der Waals surface area contributed by atoms with Crippen LogP contribution in [0, 0.1) is 13.8 Å². The molecule has 2 rings (SSSR count). The van der Waals surface area contributed by atoms with Gasteiger partial charge in [0.05, 0.1) is 6.04 Å². The maximum absolute atomic E-state index is 11.2. The fraction of sp³-hybridized carbons (Fsp3) is 0.471. The molecule has 2 aromatic rings. The van der Waals surface area contributed by atoms with E-state index in [2.05, 4.69) is 22.3 Å². The van der Waals surface area contributed by atoms with E-state index >= 15 is 0 Å². The van der Waals surface area contributed by atoms with Crippen LogP contribution in [0.1, 0.15) is 49.3 Å². The molecular formula is C17H24N4O2. The summed E-state index contributed by atoms with van der Waals surface area (Å²) >= 11 is 0. The monoisotopic (exact) mass is 316 g/mol. The number of esters is 1. The minimum atomic E-state index is -0.297. The van der Waals surface area contributed by atoms with Crippen LogP contribution in [0.3, 0.4) is 0 Å². The highest BCUT2D eigenvalue weighted by Crippen LogP contribution is 2.25. The van der Waals surface area contributed by atoms with Crippen molar-refractivity contribution in [1.29, 1.82) is 0 Å². The molecule has 0 aliphatic rings. The zero-order valence-electron chi connectivity index (χ0n) is 14.4. The molecule has 0 radical (unpaired) electrons. The molecule has 6 nitrogen and oxygen atoms in total. The van der Waals surface area contributed by atoms with Gasteiger partial charge in [-0.25, -0.2) is 9.67 Å². The predicted molar refractivity (Wildman–Crippen MR) is 88.2 cm³/mol. The van der Waals surface area contributed by atoms with Gasteiger partial charge >= 0.3 is 5.97 Å². The molecule has 0 saturated heterocycles. The minimum Gasteiger partial charge on any atom is -0.426 e. The van der Waals surface area contributed by atoms with Gasteiger partial charge in [-0.2, -0.15) is 5.10 Å². The summed E-state index contributed by atoms with van der Waals surface area (Å²) in [7, 11) is 0. The summed E-state index contributed by atoms with van der Waals surface area (Å²) in [5, 5.41) is 7.65. The summed E-state index contributed by atoms with van der Waals surface area (Å²) in [5.41, 5.74) is 3.06. The van der Waals surface area contributed by atoms with Crippen molar-refractivity contribution in [3.63, 3.8) is 0 Å². The van der Waals surface area contributed by atoms with Crippen LogP contribution >= 0.6 is 0 Å². The van der Waals surface area contributed by atoms with E-state index in [1.54, 1.807) is 6.33 Å². The van der Waals surface area contributed by atoms with Gasteiger partial charge in [-0.3, -0.25) is 4.79 Å². The average molecular weight is 316 g/mol. The summed E-state index contributed by atoms with van der Waals surface area (Å²) in [6.07, 6.45) is 1.58.